The van der Waals surface area contributed by atoms with Crippen molar-refractivity contribution in [2.24, 2.45) is 11.8 Å². The zero-order valence-electron chi connectivity index (χ0n) is 57.9. The Morgan fingerprint density at radius 3 is 1.44 bits per heavy atom. The molecule has 0 spiro atoms. The number of amides is 10. The molecule has 4 saturated carbocycles. The smallest absolute Gasteiger partial charge is 0.410 e. The van der Waals surface area contributed by atoms with E-state index in [1.54, 1.807) is 78.0 Å². The van der Waals surface area contributed by atoms with Crippen LogP contribution in [0.5, 0.6) is 0 Å². The number of hydrogen-bond donors (Lipinski definition) is 6. The van der Waals surface area contributed by atoms with E-state index in [4.69, 9.17) is 28.4 Å². The van der Waals surface area contributed by atoms with Crippen molar-refractivity contribution in [2.75, 3.05) is 39.5 Å². The highest BCUT2D eigenvalue weighted by molar-refractivity contribution is 7.91. The average Bonchev–Trinajstić information content (AvgIpc) is 1.58. The number of alkyl carbamates (subject to hydrolysis) is 2. The molecule has 34 heteroatoms. The number of nitrogens with zero attached hydrogens (tertiary/aromatic N) is 4. The van der Waals surface area contributed by atoms with Gasteiger partial charge in [0.15, 0.2) is 0 Å². The third kappa shape index (κ3) is 17.9. The first-order valence-electron chi connectivity index (χ1n) is 34.7. The van der Waals surface area contributed by atoms with Gasteiger partial charge in [0.05, 0.1) is 43.3 Å². The highest BCUT2D eigenvalue weighted by Crippen LogP contribution is 2.49. The van der Waals surface area contributed by atoms with Gasteiger partial charge >= 0.3 is 24.4 Å². The minimum atomic E-state index is -3.94. The second kappa shape index (κ2) is 29.8. The largest absolute Gasteiger partial charge is 0.444 e. The maximum atomic E-state index is 14.4. The summed E-state index contributed by atoms with van der Waals surface area (Å²) in [5, 5.41) is 9.43. The Kier molecular flexibility index (Phi) is 21.9. The topological polar surface area (TPSA) is 379 Å². The lowest BCUT2D eigenvalue weighted by Gasteiger charge is -2.30. The van der Waals surface area contributed by atoms with Crippen molar-refractivity contribution < 1.29 is 102 Å². The average molecular weight is 1470 g/mol. The first kappa shape index (κ1) is 74.9. The molecule has 102 heavy (non-hydrogen) atoms. The van der Waals surface area contributed by atoms with Crippen LogP contribution < -0.4 is 30.7 Å². The molecule has 0 unspecified atom stereocenters. The van der Waals surface area contributed by atoms with Crippen LogP contribution in [0.25, 0.3) is 0 Å². The summed E-state index contributed by atoms with van der Waals surface area (Å²) in [7, 11) is -7.86. The van der Waals surface area contributed by atoms with E-state index in [2.05, 4.69) is 30.7 Å². The molecule has 4 aliphatic carbocycles. The molecular weight excluding hydrogens is 1380 g/mol. The first-order chi connectivity index (χ1) is 48.1. The van der Waals surface area contributed by atoms with Gasteiger partial charge in [0, 0.05) is 62.8 Å². The van der Waals surface area contributed by atoms with Gasteiger partial charge in [-0.15, -0.1) is 0 Å². The number of nitrogens with one attached hydrogen (secondary N) is 6. The minimum Gasteiger partial charge on any atom is -0.444 e. The van der Waals surface area contributed by atoms with Gasteiger partial charge in [-0.2, -0.15) is 0 Å². The fourth-order valence-corrected chi connectivity index (χ4v) is 16.5. The number of carbonyl (C=O) groups excluding carboxylic acids is 10. The highest BCUT2D eigenvalue weighted by atomic mass is 32.2. The molecule has 0 radical (unpaired) electrons. The van der Waals surface area contributed by atoms with Crippen LogP contribution in [-0.4, -0.2) is 205 Å². The lowest BCUT2D eigenvalue weighted by Crippen LogP contribution is -2.58. The SMILES string of the molecule is CC(C)(C)OC(=O)N[C@H]1CCCOC/C=C\[C@@H]2C[C@@]2(C(=O)NS(=O)(=O)C2CC2)NC(=O)[C@@H]2C[C@@H](OC(=O)N3Cc4cccc(F)c4C3)CN2C1=O.CC(C)(C)OC(=O)N[C@H]1CCCOCCC[C@@H]2C[C@@]2(C(=O)NS(=O)(=O)C2CC2)NC(=O)[C@@H]2C[C@@H](OC(=O)N3Cc4cccc(F)c4C3)CN2C1=O. The van der Waals surface area contributed by atoms with Crippen LogP contribution in [0.4, 0.5) is 28.0 Å². The number of hydrogen-bond acceptors (Lipinski definition) is 20. The predicted octanol–water partition coefficient (Wildman–Crippen LogP) is 4.21. The summed E-state index contributed by atoms with van der Waals surface area (Å²) in [6, 6.07) is 4.38. The Balaban J connectivity index is 0.000000205. The van der Waals surface area contributed by atoms with Crippen molar-refractivity contribution in [1.82, 2.24) is 50.3 Å². The first-order valence-corrected chi connectivity index (χ1v) is 37.8. The second-order valence-corrected chi connectivity index (χ2v) is 33.8. The van der Waals surface area contributed by atoms with E-state index in [-0.39, 0.29) is 104 Å². The summed E-state index contributed by atoms with van der Waals surface area (Å²) >= 11 is 0. The van der Waals surface area contributed by atoms with Crippen molar-refractivity contribution in [3.05, 3.63) is 82.4 Å². The van der Waals surface area contributed by atoms with Gasteiger partial charge in [-0.25, -0.2) is 44.8 Å². The van der Waals surface area contributed by atoms with Gasteiger partial charge in [-0.1, -0.05) is 36.4 Å². The van der Waals surface area contributed by atoms with Crippen LogP contribution in [0.15, 0.2) is 48.6 Å². The van der Waals surface area contributed by atoms with Crippen molar-refractivity contribution in [3.63, 3.8) is 0 Å². The molecule has 10 amide bonds. The Morgan fingerprint density at radius 2 is 1.00 bits per heavy atom. The van der Waals surface area contributed by atoms with E-state index in [9.17, 15) is 73.6 Å². The number of halogens is 2. The predicted molar refractivity (Wildman–Crippen MR) is 355 cm³/mol. The summed E-state index contributed by atoms with van der Waals surface area (Å²) in [4.78, 5) is 141. The van der Waals surface area contributed by atoms with Crippen LogP contribution in [0, 0.1) is 23.5 Å². The molecule has 3 saturated heterocycles. The van der Waals surface area contributed by atoms with Crippen LogP contribution >= 0.6 is 0 Å². The van der Waals surface area contributed by atoms with Gasteiger partial charge in [-0.3, -0.25) is 48.0 Å². The fourth-order valence-electron chi connectivity index (χ4n) is 13.8. The molecule has 558 valence electrons. The van der Waals surface area contributed by atoms with Crippen LogP contribution in [-0.2, 0) is 103 Å². The fraction of sp³-hybridized carbons (Fsp3) is 0.647. The summed E-state index contributed by atoms with van der Waals surface area (Å²) in [6.45, 7) is 10.8. The quantitative estimate of drug-likeness (QED) is 0.143. The molecule has 12 rings (SSSR count). The molecule has 6 aliphatic heterocycles. The molecule has 2 aromatic carbocycles. The molecule has 0 aromatic heterocycles. The Hall–Kier alpha value is -8.24. The molecular formula is C68H90F2N10O20S2. The van der Waals surface area contributed by atoms with E-state index in [1.807, 2.05) is 0 Å². The van der Waals surface area contributed by atoms with Crippen molar-refractivity contribution in [2.45, 2.75) is 227 Å². The summed E-state index contributed by atoms with van der Waals surface area (Å²) < 4.78 is 118. The minimum absolute atomic E-state index is 0.00709. The maximum Gasteiger partial charge on any atom is 0.410 e. The van der Waals surface area contributed by atoms with Gasteiger partial charge in [0.1, 0.15) is 70.3 Å². The molecule has 10 aliphatic rings. The van der Waals surface area contributed by atoms with Gasteiger partial charge in [-0.05, 0) is 148 Å². The lowest BCUT2D eigenvalue weighted by molar-refractivity contribution is -0.141. The Morgan fingerprint density at radius 1 is 0.569 bits per heavy atom. The molecule has 7 fully saturated rings. The number of rotatable bonds is 10. The van der Waals surface area contributed by atoms with E-state index >= 15 is 0 Å². The third-order valence-electron chi connectivity index (χ3n) is 19.6. The van der Waals surface area contributed by atoms with E-state index in [0.29, 0.717) is 80.2 Å². The maximum absolute atomic E-state index is 14.4. The molecule has 10 atom stereocenters. The lowest BCUT2D eigenvalue weighted by atomic mass is 10.1. The number of carbonyl (C=O) groups is 10. The Bertz CT molecular complexity index is 3900. The standard InChI is InChI=1S/C34H46FN5O10S.C34H44FN5O10S/c2*1-33(2,3)50-31(44)36-26-10-6-14-48-13-5-8-21-16-34(21,30(43)38-51(46,47)23-11-12-23)37-28(41)27-15-22(18-40(27)29(26)42)49-32(45)39-17-20-7-4-9-25(35)24(20)19-39/h4,7,9,21-23,26-27H,5-6,8,10-19H2,1-3H3,(H,36,44)(H,37,41)(H,38,43);4-5,7-9,21-23,26-27H,6,10-19H2,1-3H3,(H,36,44)(H,37,41)(H,38,43)/b;8-5-/t2*21-,22-,26+,27+,34-/m11/s1. The molecule has 0 bridgehead atoms. The molecule has 6 heterocycles. The summed E-state index contributed by atoms with van der Waals surface area (Å²) in [6.07, 6.45) is 2.02. The van der Waals surface area contributed by atoms with E-state index < -0.39 is 167 Å². The number of benzene rings is 2. The van der Waals surface area contributed by atoms with Crippen molar-refractivity contribution in [3.8, 4) is 0 Å². The zero-order chi connectivity index (χ0) is 73.4. The normalized spacial score (nSPS) is 28.8. The van der Waals surface area contributed by atoms with Crippen molar-refractivity contribution >= 4 is 79.9 Å². The number of fused-ring (bicyclic) bond motifs is 6. The zero-order valence-corrected chi connectivity index (χ0v) is 59.5. The third-order valence-corrected chi connectivity index (χ3v) is 23.2. The summed E-state index contributed by atoms with van der Waals surface area (Å²) in [5.74, 6) is -6.28. The van der Waals surface area contributed by atoms with Crippen molar-refractivity contribution in [1.29, 1.82) is 0 Å². The number of ether oxygens (including phenoxy) is 6. The number of sulfonamides is 2. The van der Waals surface area contributed by atoms with Crippen LogP contribution in [0.2, 0.25) is 0 Å². The molecule has 6 N–H and O–H groups in total. The van der Waals surface area contributed by atoms with Gasteiger partial charge in [0.2, 0.25) is 43.7 Å². The highest BCUT2D eigenvalue weighted by Gasteiger charge is 2.64. The Labute approximate surface area is 590 Å². The molecule has 30 nitrogen and oxygen atoms in total. The van der Waals surface area contributed by atoms with E-state index in [1.165, 1.54) is 31.7 Å². The monoisotopic (exact) mass is 1470 g/mol. The van der Waals surface area contributed by atoms with Crippen LogP contribution in [0.1, 0.15) is 154 Å². The summed E-state index contributed by atoms with van der Waals surface area (Å²) in [5.41, 5.74) is -2.81. The van der Waals surface area contributed by atoms with Gasteiger partial charge < -0.3 is 59.5 Å². The van der Waals surface area contributed by atoms with E-state index in [0.717, 1.165) is 0 Å². The van der Waals surface area contributed by atoms with Gasteiger partial charge in [0.25, 0.3) is 11.8 Å². The molecule has 2 aromatic rings. The van der Waals surface area contributed by atoms with Crippen LogP contribution in [0.3, 0.4) is 0 Å². The second-order valence-electron chi connectivity index (χ2n) is 29.9.